The highest BCUT2D eigenvalue weighted by Crippen LogP contribution is 2.32. The number of carbonyl (C=O) groups is 1. The van der Waals surface area contributed by atoms with Crippen molar-refractivity contribution in [2.75, 3.05) is 18.4 Å². The molecule has 6 nitrogen and oxygen atoms in total. The molecule has 1 N–H and O–H groups in total. The lowest BCUT2D eigenvalue weighted by Crippen LogP contribution is -2.47. The van der Waals surface area contributed by atoms with Gasteiger partial charge in [-0.3, -0.25) is 9.78 Å². The number of rotatable bonds is 5. The van der Waals surface area contributed by atoms with Gasteiger partial charge in [0.25, 0.3) is 0 Å². The summed E-state index contributed by atoms with van der Waals surface area (Å²) in [6.07, 6.45) is 3.67. The number of likely N-dealkylation sites (tertiary alicyclic amines) is 1. The van der Waals surface area contributed by atoms with Crippen molar-refractivity contribution in [3.05, 3.63) is 77.1 Å². The minimum Gasteiger partial charge on any atom is -0.341 e. The molecule has 1 saturated heterocycles. The van der Waals surface area contributed by atoms with Crippen molar-refractivity contribution in [3.8, 4) is 0 Å². The Labute approximate surface area is 194 Å². The molecule has 0 radical (unpaired) electrons. The van der Waals surface area contributed by atoms with Crippen LogP contribution in [0.4, 0.5) is 16.0 Å². The van der Waals surface area contributed by atoms with E-state index in [-0.39, 0.29) is 17.6 Å². The molecule has 1 aliphatic rings. The molecule has 7 heteroatoms. The predicted molar refractivity (Wildman–Crippen MR) is 127 cm³/mol. The number of aryl methyl sites for hydroxylation is 2. The quantitative estimate of drug-likeness (QED) is 0.592. The number of anilines is 2. The second kappa shape index (κ2) is 9.25. The number of piperidine rings is 1. The lowest BCUT2D eigenvalue weighted by molar-refractivity contribution is -0.137. The molecule has 172 valence electrons. The van der Waals surface area contributed by atoms with E-state index in [0.717, 1.165) is 35.6 Å². The summed E-state index contributed by atoms with van der Waals surface area (Å²) in [7, 11) is 0. The summed E-state index contributed by atoms with van der Waals surface area (Å²) in [5.41, 5.74) is 3.49. The highest BCUT2D eigenvalue weighted by molar-refractivity contribution is 5.87. The van der Waals surface area contributed by atoms with E-state index in [2.05, 4.69) is 20.3 Å². The Morgan fingerprint density at radius 3 is 2.55 bits per heavy atom. The molecule has 3 aromatic rings. The van der Waals surface area contributed by atoms with Gasteiger partial charge in [0.2, 0.25) is 11.9 Å². The largest absolute Gasteiger partial charge is 0.341 e. The van der Waals surface area contributed by atoms with E-state index in [1.807, 2.05) is 56.9 Å². The molecule has 1 unspecified atom stereocenters. The van der Waals surface area contributed by atoms with E-state index in [1.54, 1.807) is 12.3 Å². The van der Waals surface area contributed by atoms with Crippen LogP contribution in [-0.2, 0) is 10.2 Å². The molecular weight excluding hydrogens is 417 g/mol. The number of amides is 1. The summed E-state index contributed by atoms with van der Waals surface area (Å²) in [6, 6.07) is 12.2. The van der Waals surface area contributed by atoms with Crippen LogP contribution in [0.3, 0.4) is 0 Å². The number of pyridine rings is 1. The van der Waals surface area contributed by atoms with E-state index < -0.39 is 5.41 Å². The third kappa shape index (κ3) is 5.18. The van der Waals surface area contributed by atoms with Crippen LogP contribution in [0.25, 0.3) is 0 Å². The summed E-state index contributed by atoms with van der Waals surface area (Å²) in [5, 5.41) is 3.21. The number of halogens is 1. The summed E-state index contributed by atoms with van der Waals surface area (Å²) >= 11 is 0. The molecule has 1 aromatic carbocycles. The van der Waals surface area contributed by atoms with Crippen molar-refractivity contribution in [1.29, 1.82) is 0 Å². The maximum absolute atomic E-state index is 13.8. The van der Waals surface area contributed by atoms with Crippen LogP contribution < -0.4 is 5.32 Å². The normalized spacial score (nSPS) is 16.5. The summed E-state index contributed by atoms with van der Waals surface area (Å²) < 4.78 is 13.8. The molecule has 33 heavy (non-hydrogen) atoms. The van der Waals surface area contributed by atoms with E-state index in [1.165, 1.54) is 12.1 Å². The lowest BCUT2D eigenvalue weighted by atomic mass is 9.82. The summed E-state index contributed by atoms with van der Waals surface area (Å²) in [5.74, 6) is 0.408. The maximum atomic E-state index is 13.8. The van der Waals surface area contributed by atoms with Gasteiger partial charge in [0, 0.05) is 36.1 Å². The van der Waals surface area contributed by atoms with Crippen LogP contribution in [0, 0.1) is 19.7 Å². The number of hydrogen-bond donors (Lipinski definition) is 1. The molecule has 1 aliphatic heterocycles. The SMILES string of the molecule is Cc1cc(C)nc(Nc2ccc(C3CCCN(C(=O)C(C)(C)c4cccc(F)c4)C3)nc2)n1. The van der Waals surface area contributed by atoms with E-state index in [0.29, 0.717) is 24.6 Å². The Hall–Kier alpha value is -3.35. The smallest absolute Gasteiger partial charge is 0.232 e. The standard InChI is InChI=1S/C26H30FN5O/c1-17-13-18(2)30-25(29-17)31-22-10-11-23(28-15-22)19-7-6-12-32(16-19)24(33)26(3,4)20-8-5-9-21(27)14-20/h5,8-11,13-15,19H,6-7,12,16H2,1-4H3,(H,29,30,31). The molecule has 1 fully saturated rings. The number of carbonyl (C=O) groups excluding carboxylic acids is 1. The minimum atomic E-state index is -0.795. The first kappa shape index (κ1) is 22.8. The fourth-order valence-electron chi connectivity index (χ4n) is 4.43. The number of aromatic nitrogens is 3. The zero-order valence-electron chi connectivity index (χ0n) is 19.6. The van der Waals surface area contributed by atoms with Gasteiger partial charge in [0.1, 0.15) is 5.82 Å². The molecule has 2 aromatic heterocycles. The van der Waals surface area contributed by atoms with Crippen LogP contribution >= 0.6 is 0 Å². The second-order valence-corrected chi connectivity index (χ2v) is 9.30. The Balaban J connectivity index is 1.45. The average Bonchev–Trinajstić information content (AvgIpc) is 2.78. The van der Waals surface area contributed by atoms with Crippen LogP contribution in [0.15, 0.2) is 48.7 Å². The highest BCUT2D eigenvalue weighted by atomic mass is 19.1. The van der Waals surface area contributed by atoms with Gasteiger partial charge >= 0.3 is 0 Å². The fourth-order valence-corrected chi connectivity index (χ4v) is 4.43. The van der Waals surface area contributed by atoms with E-state index >= 15 is 0 Å². The zero-order valence-corrected chi connectivity index (χ0v) is 19.6. The van der Waals surface area contributed by atoms with Gasteiger partial charge in [-0.15, -0.1) is 0 Å². The van der Waals surface area contributed by atoms with Crippen molar-refractivity contribution in [1.82, 2.24) is 19.9 Å². The molecule has 3 heterocycles. The first-order valence-corrected chi connectivity index (χ1v) is 11.3. The number of hydrogen-bond acceptors (Lipinski definition) is 5. The van der Waals surface area contributed by atoms with Gasteiger partial charge < -0.3 is 10.2 Å². The number of nitrogens with one attached hydrogen (secondary N) is 1. The molecule has 0 spiro atoms. The van der Waals surface area contributed by atoms with Crippen LogP contribution in [-0.4, -0.2) is 38.8 Å². The Morgan fingerprint density at radius 1 is 1.12 bits per heavy atom. The van der Waals surface area contributed by atoms with Crippen molar-refractivity contribution >= 4 is 17.5 Å². The van der Waals surface area contributed by atoms with Crippen LogP contribution in [0.5, 0.6) is 0 Å². The van der Waals surface area contributed by atoms with Gasteiger partial charge in [-0.25, -0.2) is 14.4 Å². The zero-order chi connectivity index (χ0) is 23.6. The average molecular weight is 448 g/mol. The van der Waals surface area contributed by atoms with Crippen LogP contribution in [0.2, 0.25) is 0 Å². The van der Waals surface area contributed by atoms with Crippen molar-refractivity contribution in [2.24, 2.45) is 0 Å². The number of benzene rings is 1. The summed E-state index contributed by atoms with van der Waals surface area (Å²) in [6.45, 7) is 8.91. The Bertz CT molecular complexity index is 1130. The van der Waals surface area contributed by atoms with Gasteiger partial charge in [0.05, 0.1) is 17.3 Å². The first-order chi connectivity index (χ1) is 15.7. The molecule has 0 bridgehead atoms. The highest BCUT2D eigenvalue weighted by Gasteiger charge is 2.36. The minimum absolute atomic E-state index is 0.0167. The van der Waals surface area contributed by atoms with Crippen molar-refractivity contribution in [2.45, 2.75) is 51.9 Å². The molecule has 0 saturated carbocycles. The van der Waals surface area contributed by atoms with E-state index in [4.69, 9.17) is 0 Å². The predicted octanol–water partition coefficient (Wildman–Crippen LogP) is 5.05. The Kier molecular flexibility index (Phi) is 6.40. The van der Waals surface area contributed by atoms with Crippen LogP contribution in [0.1, 0.15) is 55.3 Å². The third-order valence-corrected chi connectivity index (χ3v) is 6.23. The topological polar surface area (TPSA) is 71.0 Å². The number of nitrogens with zero attached hydrogens (tertiary/aromatic N) is 4. The molecule has 1 amide bonds. The molecule has 0 aliphatic carbocycles. The monoisotopic (exact) mass is 447 g/mol. The Morgan fingerprint density at radius 2 is 1.88 bits per heavy atom. The van der Waals surface area contributed by atoms with E-state index in [9.17, 15) is 9.18 Å². The van der Waals surface area contributed by atoms with Gasteiger partial charge in [-0.05, 0) is 76.4 Å². The summed E-state index contributed by atoms with van der Waals surface area (Å²) in [4.78, 5) is 28.8. The van der Waals surface area contributed by atoms with Crippen molar-refractivity contribution in [3.63, 3.8) is 0 Å². The maximum Gasteiger partial charge on any atom is 0.232 e. The lowest BCUT2D eigenvalue weighted by Gasteiger charge is -2.37. The third-order valence-electron chi connectivity index (χ3n) is 6.23. The van der Waals surface area contributed by atoms with Gasteiger partial charge in [0.15, 0.2) is 0 Å². The van der Waals surface area contributed by atoms with Gasteiger partial charge in [-0.2, -0.15) is 0 Å². The molecule has 4 rings (SSSR count). The fraction of sp³-hybridized carbons (Fsp3) is 0.385. The van der Waals surface area contributed by atoms with Crippen molar-refractivity contribution < 1.29 is 9.18 Å². The molecule has 1 atom stereocenters. The second-order valence-electron chi connectivity index (χ2n) is 9.30. The van der Waals surface area contributed by atoms with Gasteiger partial charge in [-0.1, -0.05) is 12.1 Å². The first-order valence-electron chi connectivity index (χ1n) is 11.3. The molecular formula is C26H30FN5O.